The van der Waals surface area contributed by atoms with E-state index in [9.17, 15) is 9.59 Å². The zero-order chi connectivity index (χ0) is 18.1. The first-order valence-electron chi connectivity index (χ1n) is 8.44. The van der Waals surface area contributed by atoms with Crippen molar-refractivity contribution < 1.29 is 14.3 Å². The molecule has 2 aromatic carbocycles. The number of nitrogens with one attached hydrogen (secondary N) is 3. The second-order valence-corrected chi connectivity index (χ2v) is 5.71. The molecular weight excluding hydrogens is 318 g/mol. The number of carbonyl (C=O) groups is 2. The second kappa shape index (κ2) is 9.64. The lowest BCUT2D eigenvalue weighted by atomic mass is 10.1. The number of hydrogen-bond donors (Lipinski definition) is 3. The summed E-state index contributed by atoms with van der Waals surface area (Å²) in [5.41, 5.74) is 0.441. The van der Waals surface area contributed by atoms with Crippen molar-refractivity contribution in [3.63, 3.8) is 0 Å². The molecule has 0 heterocycles. The first-order chi connectivity index (χ1) is 12.2. The van der Waals surface area contributed by atoms with E-state index in [4.69, 9.17) is 4.74 Å². The Morgan fingerprint density at radius 3 is 2.44 bits per heavy atom. The molecule has 0 spiro atoms. The van der Waals surface area contributed by atoms with Crippen LogP contribution >= 0.6 is 0 Å². The number of fused-ring (bicyclic) bond motifs is 1. The normalized spacial score (nSPS) is 10.5. The van der Waals surface area contributed by atoms with Gasteiger partial charge in [0, 0.05) is 7.05 Å². The summed E-state index contributed by atoms with van der Waals surface area (Å²) in [4.78, 5) is 23.8. The summed E-state index contributed by atoms with van der Waals surface area (Å²) in [5, 5.41) is 10.2. The second-order valence-electron chi connectivity index (χ2n) is 5.71. The summed E-state index contributed by atoms with van der Waals surface area (Å²) in [5.74, 6) is -0.0270. The molecule has 6 heteroatoms. The maximum Gasteiger partial charge on any atom is 0.255 e. The molecule has 0 aliphatic rings. The molecule has 2 aromatic rings. The van der Waals surface area contributed by atoms with E-state index in [-0.39, 0.29) is 18.4 Å². The number of hydrogen-bond acceptors (Lipinski definition) is 4. The number of benzene rings is 2. The van der Waals surface area contributed by atoms with Gasteiger partial charge >= 0.3 is 0 Å². The summed E-state index contributed by atoms with van der Waals surface area (Å²) in [6.07, 6.45) is 1.90. The Morgan fingerprint density at radius 2 is 1.76 bits per heavy atom. The quantitative estimate of drug-likeness (QED) is 0.606. The van der Waals surface area contributed by atoms with Crippen molar-refractivity contribution in [2.24, 2.45) is 0 Å². The van der Waals surface area contributed by atoms with Crippen LogP contribution in [0.4, 0.5) is 0 Å². The van der Waals surface area contributed by atoms with Crippen molar-refractivity contribution in [1.29, 1.82) is 0 Å². The summed E-state index contributed by atoms with van der Waals surface area (Å²) in [7, 11) is 3.45. The van der Waals surface area contributed by atoms with Crippen LogP contribution in [0.2, 0.25) is 0 Å². The molecule has 0 atom stereocenters. The molecule has 0 aliphatic heterocycles. The lowest BCUT2D eigenvalue weighted by Gasteiger charge is -2.13. The Kier molecular flexibility index (Phi) is 7.22. The van der Waals surface area contributed by atoms with Crippen LogP contribution in [0.3, 0.4) is 0 Å². The largest absolute Gasteiger partial charge is 0.493 e. The summed E-state index contributed by atoms with van der Waals surface area (Å²) in [6, 6.07) is 11.5. The molecule has 0 saturated carbocycles. The molecular formula is C19H25N3O3. The lowest BCUT2D eigenvalue weighted by molar-refractivity contribution is -0.119. The van der Waals surface area contributed by atoms with Crippen LogP contribution in [0.25, 0.3) is 10.8 Å². The van der Waals surface area contributed by atoms with Crippen LogP contribution in [-0.2, 0) is 4.79 Å². The predicted octanol–water partition coefficient (Wildman–Crippen LogP) is 1.69. The van der Waals surface area contributed by atoms with E-state index in [1.165, 1.54) is 7.05 Å². The van der Waals surface area contributed by atoms with Crippen molar-refractivity contribution in [2.45, 2.75) is 12.8 Å². The fourth-order valence-corrected chi connectivity index (χ4v) is 2.45. The molecule has 0 aromatic heterocycles. The third-order valence-corrected chi connectivity index (χ3v) is 3.86. The topological polar surface area (TPSA) is 79.5 Å². The van der Waals surface area contributed by atoms with Gasteiger partial charge in [-0.05, 0) is 49.3 Å². The van der Waals surface area contributed by atoms with Gasteiger partial charge in [-0.1, -0.05) is 24.3 Å². The van der Waals surface area contributed by atoms with Gasteiger partial charge in [-0.2, -0.15) is 0 Å². The summed E-state index contributed by atoms with van der Waals surface area (Å²) >= 11 is 0. The van der Waals surface area contributed by atoms with E-state index in [0.29, 0.717) is 17.9 Å². The number of ether oxygens (including phenoxy) is 1. The molecule has 3 N–H and O–H groups in total. The first-order valence-corrected chi connectivity index (χ1v) is 8.44. The zero-order valence-corrected chi connectivity index (χ0v) is 14.7. The fraction of sp³-hybridized carbons (Fsp3) is 0.368. The van der Waals surface area contributed by atoms with Gasteiger partial charge in [-0.25, -0.2) is 0 Å². The number of amides is 2. The third-order valence-electron chi connectivity index (χ3n) is 3.86. The van der Waals surface area contributed by atoms with Gasteiger partial charge in [0.15, 0.2) is 0 Å². The van der Waals surface area contributed by atoms with Crippen LogP contribution in [-0.4, -0.2) is 45.6 Å². The van der Waals surface area contributed by atoms with Crippen LogP contribution in [0.1, 0.15) is 23.2 Å². The summed E-state index contributed by atoms with van der Waals surface area (Å²) < 4.78 is 5.86. The number of likely N-dealkylation sites (N-methyl/N-ethyl adjacent to an activating group) is 1. The minimum Gasteiger partial charge on any atom is -0.493 e. The van der Waals surface area contributed by atoms with Gasteiger partial charge in [0.25, 0.3) is 5.91 Å². The maximum absolute atomic E-state index is 12.5. The molecule has 0 saturated heterocycles. The third kappa shape index (κ3) is 5.46. The molecule has 2 rings (SSSR count). The highest BCUT2D eigenvalue weighted by atomic mass is 16.5. The molecule has 2 amide bonds. The van der Waals surface area contributed by atoms with Gasteiger partial charge in [0.1, 0.15) is 5.75 Å². The van der Waals surface area contributed by atoms with E-state index in [0.717, 1.165) is 30.2 Å². The SMILES string of the molecule is CNCCCCOc1cc2ccccc2cc1C(=O)NCC(=O)NC. The number of carbonyl (C=O) groups excluding carboxylic acids is 2. The van der Waals surface area contributed by atoms with Crippen LogP contribution < -0.4 is 20.7 Å². The Morgan fingerprint density at radius 1 is 1.04 bits per heavy atom. The van der Waals surface area contributed by atoms with E-state index < -0.39 is 0 Å². The van der Waals surface area contributed by atoms with Gasteiger partial charge in [-0.3, -0.25) is 9.59 Å². The van der Waals surface area contributed by atoms with Crippen molar-refractivity contribution >= 4 is 22.6 Å². The minimum atomic E-state index is -0.320. The molecule has 25 heavy (non-hydrogen) atoms. The molecule has 0 fully saturated rings. The zero-order valence-electron chi connectivity index (χ0n) is 14.7. The van der Waals surface area contributed by atoms with Gasteiger partial charge < -0.3 is 20.7 Å². The standard InChI is InChI=1S/C19H25N3O3/c1-20-9-5-6-10-25-17-12-15-8-4-3-7-14(15)11-16(17)19(24)22-13-18(23)21-2/h3-4,7-8,11-12,20H,5-6,9-10,13H2,1-2H3,(H,21,23)(H,22,24). The van der Waals surface area contributed by atoms with Crippen LogP contribution in [0.15, 0.2) is 36.4 Å². The number of unbranched alkanes of at least 4 members (excludes halogenated alkanes) is 1. The van der Waals surface area contributed by atoms with E-state index >= 15 is 0 Å². The Labute approximate surface area is 147 Å². The molecule has 0 aliphatic carbocycles. The highest BCUT2D eigenvalue weighted by Gasteiger charge is 2.15. The average Bonchev–Trinajstić information content (AvgIpc) is 2.64. The number of rotatable bonds is 9. The fourth-order valence-electron chi connectivity index (χ4n) is 2.45. The lowest BCUT2D eigenvalue weighted by Crippen LogP contribution is -2.35. The molecule has 0 bridgehead atoms. The highest BCUT2D eigenvalue weighted by Crippen LogP contribution is 2.26. The smallest absolute Gasteiger partial charge is 0.255 e. The van der Waals surface area contributed by atoms with E-state index in [1.54, 1.807) is 6.07 Å². The van der Waals surface area contributed by atoms with Crippen molar-refractivity contribution in [2.75, 3.05) is 33.8 Å². The molecule has 0 unspecified atom stereocenters. The van der Waals surface area contributed by atoms with Gasteiger partial charge in [-0.15, -0.1) is 0 Å². The van der Waals surface area contributed by atoms with Crippen LogP contribution in [0.5, 0.6) is 5.75 Å². The summed E-state index contributed by atoms with van der Waals surface area (Å²) in [6.45, 7) is 1.40. The first kappa shape index (κ1) is 18.7. The Bertz CT molecular complexity index is 731. The predicted molar refractivity (Wildman–Crippen MR) is 99.0 cm³/mol. The minimum absolute atomic E-state index is 0.0657. The van der Waals surface area contributed by atoms with Gasteiger partial charge in [0.05, 0.1) is 18.7 Å². The van der Waals surface area contributed by atoms with E-state index in [2.05, 4.69) is 16.0 Å². The Hall–Kier alpha value is -2.60. The molecule has 0 radical (unpaired) electrons. The van der Waals surface area contributed by atoms with Crippen molar-refractivity contribution in [3.05, 3.63) is 42.0 Å². The Balaban J connectivity index is 2.17. The van der Waals surface area contributed by atoms with Crippen molar-refractivity contribution in [3.8, 4) is 5.75 Å². The maximum atomic E-state index is 12.5. The molecule has 134 valence electrons. The highest BCUT2D eigenvalue weighted by molar-refractivity contribution is 6.02. The monoisotopic (exact) mass is 343 g/mol. The van der Waals surface area contributed by atoms with Crippen molar-refractivity contribution in [1.82, 2.24) is 16.0 Å². The molecule has 6 nitrogen and oxygen atoms in total. The van der Waals surface area contributed by atoms with E-state index in [1.807, 2.05) is 37.4 Å². The van der Waals surface area contributed by atoms with Crippen LogP contribution in [0, 0.1) is 0 Å². The van der Waals surface area contributed by atoms with Gasteiger partial charge in [0.2, 0.25) is 5.91 Å². The average molecular weight is 343 g/mol.